The Kier molecular flexibility index (Phi) is 10.3. The largest absolute Gasteiger partial charge is 0.496 e. The number of piperazine rings is 1. The number of benzene rings is 3. The molecular weight excluding hydrogens is 588 g/mol. The van der Waals surface area contributed by atoms with Crippen LogP contribution in [-0.2, 0) is 4.74 Å². The maximum absolute atomic E-state index is 14.6. The van der Waals surface area contributed by atoms with Crippen LogP contribution >= 0.6 is 0 Å². The Balaban J connectivity index is 1.41. The molecule has 2 heterocycles. The van der Waals surface area contributed by atoms with Crippen molar-refractivity contribution >= 4 is 23.4 Å². The second-order valence-corrected chi connectivity index (χ2v) is 13.8. The first kappa shape index (κ1) is 34.0. The standard InChI is InChI=1S/C39H50N4O4/c1-26(2)32-25-30(17-18-35(32)46-8)33(19-20-40-38(45)47-39(5,6)7)43-28(4)31-15-12-16-34(36(31)37(43)44)42-23-21-41(22-24-42)27(3)29-13-10-9-11-14-29/h9-18,25-27,33H,4,19-24H2,1-3,5-8H3,(H,40,45)/t27-,33?/m1/s1. The Morgan fingerprint density at radius 3 is 2.28 bits per heavy atom. The number of nitrogens with zero attached hydrogens (tertiary/aromatic N) is 3. The van der Waals surface area contributed by atoms with E-state index in [9.17, 15) is 9.59 Å². The number of carbonyl (C=O) groups excluding carboxylic acids is 2. The molecule has 2 aliphatic rings. The van der Waals surface area contributed by atoms with Gasteiger partial charge in [0.2, 0.25) is 0 Å². The third-order valence-corrected chi connectivity index (χ3v) is 9.22. The van der Waals surface area contributed by atoms with Crippen molar-refractivity contribution in [1.82, 2.24) is 15.1 Å². The first-order valence-corrected chi connectivity index (χ1v) is 16.7. The first-order chi connectivity index (χ1) is 22.4. The van der Waals surface area contributed by atoms with Crippen molar-refractivity contribution in [2.75, 3.05) is 44.7 Å². The zero-order chi connectivity index (χ0) is 33.9. The molecule has 3 aromatic carbocycles. The number of hydrogen-bond acceptors (Lipinski definition) is 6. The van der Waals surface area contributed by atoms with Gasteiger partial charge in [0.1, 0.15) is 11.4 Å². The molecule has 5 rings (SSSR count). The molecule has 47 heavy (non-hydrogen) atoms. The summed E-state index contributed by atoms with van der Waals surface area (Å²) in [6, 6.07) is 22.8. The molecule has 1 saturated heterocycles. The van der Waals surface area contributed by atoms with Crippen molar-refractivity contribution in [1.29, 1.82) is 0 Å². The van der Waals surface area contributed by atoms with Gasteiger partial charge in [-0.3, -0.25) is 9.69 Å². The highest BCUT2D eigenvalue weighted by Gasteiger charge is 2.40. The van der Waals surface area contributed by atoms with Gasteiger partial charge >= 0.3 is 6.09 Å². The predicted octanol–water partition coefficient (Wildman–Crippen LogP) is 7.78. The van der Waals surface area contributed by atoms with E-state index < -0.39 is 11.7 Å². The zero-order valence-corrected chi connectivity index (χ0v) is 29.0. The van der Waals surface area contributed by atoms with E-state index in [2.05, 4.69) is 84.9 Å². The summed E-state index contributed by atoms with van der Waals surface area (Å²) >= 11 is 0. The van der Waals surface area contributed by atoms with Crippen molar-refractivity contribution < 1.29 is 19.1 Å². The fourth-order valence-corrected chi connectivity index (χ4v) is 6.75. The van der Waals surface area contributed by atoms with Crippen LogP contribution in [0.1, 0.15) is 98.6 Å². The Morgan fingerprint density at radius 1 is 0.936 bits per heavy atom. The quantitative estimate of drug-likeness (QED) is 0.245. The van der Waals surface area contributed by atoms with Crippen LogP contribution in [0.15, 0.2) is 73.3 Å². The molecule has 0 aliphatic carbocycles. The van der Waals surface area contributed by atoms with E-state index in [4.69, 9.17) is 9.47 Å². The second kappa shape index (κ2) is 14.2. The Bertz CT molecular complexity index is 1590. The molecule has 0 bridgehead atoms. The number of carbonyl (C=O) groups is 2. The van der Waals surface area contributed by atoms with Crippen LogP contribution < -0.4 is 15.0 Å². The molecule has 1 N–H and O–H groups in total. The molecular formula is C39H50N4O4. The predicted molar refractivity (Wildman–Crippen MR) is 189 cm³/mol. The molecule has 3 aromatic rings. The van der Waals surface area contributed by atoms with Gasteiger partial charge in [0.15, 0.2) is 0 Å². The highest BCUT2D eigenvalue weighted by atomic mass is 16.6. The highest BCUT2D eigenvalue weighted by molar-refractivity contribution is 6.13. The van der Waals surface area contributed by atoms with Crippen molar-refractivity contribution in [2.45, 2.75) is 71.6 Å². The van der Waals surface area contributed by atoms with Gasteiger partial charge < -0.3 is 24.6 Å². The SMILES string of the molecule is C=C1c2cccc(N3CCN([C@H](C)c4ccccc4)CC3)c2C(=O)N1C(CCNC(=O)OC(C)(C)C)c1ccc(OC)c(C(C)C)c1. The minimum absolute atomic E-state index is 0.0649. The molecule has 0 saturated carbocycles. The number of rotatable bonds is 10. The van der Waals surface area contributed by atoms with Crippen LogP contribution in [0.4, 0.5) is 10.5 Å². The second-order valence-electron chi connectivity index (χ2n) is 13.8. The molecule has 0 spiro atoms. The topological polar surface area (TPSA) is 74.4 Å². The van der Waals surface area contributed by atoms with E-state index in [0.29, 0.717) is 30.3 Å². The Labute approximate surface area is 280 Å². The van der Waals surface area contributed by atoms with Gasteiger partial charge in [0.05, 0.1) is 24.4 Å². The summed E-state index contributed by atoms with van der Waals surface area (Å²) in [5.74, 6) is 0.965. The van der Waals surface area contributed by atoms with E-state index in [1.165, 1.54) is 5.56 Å². The van der Waals surface area contributed by atoms with E-state index in [1.807, 2.05) is 49.9 Å². The number of alkyl carbamates (subject to hydrolysis) is 1. The summed E-state index contributed by atoms with van der Waals surface area (Å²) in [5.41, 5.74) is 5.92. The molecule has 250 valence electrons. The van der Waals surface area contributed by atoms with Gasteiger partial charge in [-0.25, -0.2) is 4.79 Å². The summed E-state index contributed by atoms with van der Waals surface area (Å²) in [6.45, 7) is 20.3. The molecule has 2 amide bonds. The van der Waals surface area contributed by atoms with Crippen LogP contribution in [0, 0.1) is 0 Å². The summed E-state index contributed by atoms with van der Waals surface area (Å²) < 4.78 is 11.1. The lowest BCUT2D eigenvalue weighted by Crippen LogP contribution is -2.47. The highest BCUT2D eigenvalue weighted by Crippen LogP contribution is 2.44. The van der Waals surface area contributed by atoms with Crippen molar-refractivity contribution in [2.24, 2.45) is 0 Å². The normalized spacial score (nSPS) is 16.7. The van der Waals surface area contributed by atoms with Crippen LogP contribution in [0.2, 0.25) is 0 Å². The summed E-state index contributed by atoms with van der Waals surface area (Å²) in [5, 5.41) is 2.90. The van der Waals surface area contributed by atoms with Crippen LogP contribution in [0.3, 0.4) is 0 Å². The number of anilines is 1. The first-order valence-electron chi connectivity index (χ1n) is 16.7. The number of amides is 2. The Morgan fingerprint density at radius 2 is 1.64 bits per heavy atom. The van der Waals surface area contributed by atoms with Gasteiger partial charge in [0, 0.05) is 50.0 Å². The molecule has 2 atom stereocenters. The Hall–Kier alpha value is -4.30. The number of fused-ring (bicyclic) bond motifs is 1. The summed E-state index contributed by atoms with van der Waals surface area (Å²) in [4.78, 5) is 33.8. The smallest absolute Gasteiger partial charge is 0.407 e. The number of hydrogen-bond donors (Lipinski definition) is 1. The molecule has 8 heteroatoms. The van der Waals surface area contributed by atoms with Crippen molar-refractivity contribution in [3.8, 4) is 5.75 Å². The van der Waals surface area contributed by atoms with E-state index in [0.717, 1.165) is 54.3 Å². The third kappa shape index (κ3) is 7.49. The average molecular weight is 639 g/mol. The summed E-state index contributed by atoms with van der Waals surface area (Å²) in [6.07, 6.45) is -0.000484. The van der Waals surface area contributed by atoms with E-state index >= 15 is 0 Å². The fourth-order valence-electron chi connectivity index (χ4n) is 6.75. The molecule has 2 aliphatic heterocycles. The van der Waals surface area contributed by atoms with Gasteiger partial charge in [-0.1, -0.05) is 69.0 Å². The van der Waals surface area contributed by atoms with E-state index in [-0.39, 0.29) is 17.9 Å². The van der Waals surface area contributed by atoms with Gasteiger partial charge in [0.25, 0.3) is 5.91 Å². The fraction of sp³-hybridized carbons (Fsp3) is 0.436. The van der Waals surface area contributed by atoms with Crippen LogP contribution in [-0.4, -0.2) is 67.2 Å². The van der Waals surface area contributed by atoms with Crippen molar-refractivity contribution in [3.63, 3.8) is 0 Å². The number of ether oxygens (including phenoxy) is 2. The van der Waals surface area contributed by atoms with Crippen LogP contribution in [0.25, 0.3) is 5.70 Å². The lowest BCUT2D eigenvalue weighted by atomic mass is 9.94. The van der Waals surface area contributed by atoms with Crippen LogP contribution in [0.5, 0.6) is 5.75 Å². The van der Waals surface area contributed by atoms with Gasteiger partial charge in [-0.15, -0.1) is 0 Å². The average Bonchev–Trinajstić information content (AvgIpc) is 3.31. The zero-order valence-electron chi connectivity index (χ0n) is 29.0. The van der Waals surface area contributed by atoms with Crippen molar-refractivity contribution in [3.05, 3.63) is 101 Å². The lowest BCUT2D eigenvalue weighted by Gasteiger charge is -2.39. The third-order valence-electron chi connectivity index (χ3n) is 9.22. The molecule has 8 nitrogen and oxygen atoms in total. The number of methoxy groups -OCH3 is 1. The molecule has 1 fully saturated rings. The molecule has 0 aromatic heterocycles. The molecule has 0 radical (unpaired) electrons. The van der Waals surface area contributed by atoms with E-state index in [1.54, 1.807) is 7.11 Å². The summed E-state index contributed by atoms with van der Waals surface area (Å²) in [7, 11) is 1.68. The lowest BCUT2D eigenvalue weighted by molar-refractivity contribution is 0.0524. The molecule has 1 unspecified atom stereocenters. The van der Waals surface area contributed by atoms with Gasteiger partial charge in [-0.2, -0.15) is 0 Å². The minimum Gasteiger partial charge on any atom is -0.496 e. The maximum atomic E-state index is 14.6. The van der Waals surface area contributed by atoms with Gasteiger partial charge in [-0.05, 0) is 74.9 Å². The number of nitrogens with one attached hydrogen (secondary N) is 1. The minimum atomic E-state index is -0.603. The maximum Gasteiger partial charge on any atom is 0.407 e. The monoisotopic (exact) mass is 638 g/mol.